The number of ether oxygens (including phenoxy) is 1. The van der Waals surface area contributed by atoms with E-state index in [2.05, 4.69) is 9.88 Å². The van der Waals surface area contributed by atoms with Gasteiger partial charge in [0.25, 0.3) is 5.91 Å². The Kier molecular flexibility index (Phi) is 4.48. The maximum atomic E-state index is 12.1. The van der Waals surface area contributed by atoms with Crippen LogP contribution in [0, 0.1) is 6.92 Å². The molecule has 0 aliphatic carbocycles. The van der Waals surface area contributed by atoms with Gasteiger partial charge in [0.2, 0.25) is 0 Å². The van der Waals surface area contributed by atoms with E-state index in [1.54, 1.807) is 0 Å². The molecular formula is C18H23N3O2. The minimum Gasteiger partial charge on any atom is -0.380 e. The number of nitrogens with two attached hydrogens (primary N) is 1. The van der Waals surface area contributed by atoms with Gasteiger partial charge in [0, 0.05) is 18.5 Å². The summed E-state index contributed by atoms with van der Waals surface area (Å²) in [6.07, 6.45) is 2.15. The first-order valence-electron chi connectivity index (χ1n) is 8.17. The van der Waals surface area contributed by atoms with Crippen LogP contribution >= 0.6 is 0 Å². The highest BCUT2D eigenvalue weighted by Gasteiger charge is 2.30. The topological polar surface area (TPSA) is 68.5 Å². The molecule has 1 aliphatic rings. The Labute approximate surface area is 136 Å². The van der Waals surface area contributed by atoms with Gasteiger partial charge in [0.15, 0.2) is 0 Å². The van der Waals surface area contributed by atoms with Gasteiger partial charge in [-0.3, -0.25) is 9.78 Å². The first kappa shape index (κ1) is 15.7. The van der Waals surface area contributed by atoms with Crippen LogP contribution in [0.15, 0.2) is 24.3 Å². The number of benzene rings is 1. The van der Waals surface area contributed by atoms with E-state index in [1.165, 1.54) is 0 Å². The average molecular weight is 313 g/mol. The van der Waals surface area contributed by atoms with Gasteiger partial charge >= 0.3 is 0 Å². The van der Waals surface area contributed by atoms with Crippen molar-refractivity contribution < 1.29 is 9.53 Å². The number of carbonyl (C=O) groups is 1. The number of aryl methyl sites for hydroxylation is 1. The fraction of sp³-hybridized carbons (Fsp3) is 0.444. The summed E-state index contributed by atoms with van der Waals surface area (Å²) in [4.78, 5) is 18.9. The molecule has 1 amide bonds. The Morgan fingerprint density at radius 3 is 2.96 bits per heavy atom. The highest BCUT2D eigenvalue weighted by atomic mass is 16.5. The molecule has 1 unspecified atom stereocenters. The van der Waals surface area contributed by atoms with Crippen molar-refractivity contribution in [3.05, 3.63) is 35.5 Å². The van der Waals surface area contributed by atoms with Gasteiger partial charge in [-0.25, -0.2) is 0 Å². The molecule has 5 nitrogen and oxygen atoms in total. The molecule has 5 heteroatoms. The van der Waals surface area contributed by atoms with Crippen LogP contribution in [0.2, 0.25) is 0 Å². The number of primary amides is 1. The maximum absolute atomic E-state index is 12.1. The van der Waals surface area contributed by atoms with Gasteiger partial charge in [-0.15, -0.1) is 0 Å². The van der Waals surface area contributed by atoms with Crippen LogP contribution in [0.3, 0.4) is 0 Å². The molecule has 122 valence electrons. The van der Waals surface area contributed by atoms with Gasteiger partial charge in [-0.2, -0.15) is 0 Å². The van der Waals surface area contributed by atoms with Gasteiger partial charge in [-0.1, -0.05) is 18.2 Å². The molecule has 2 N–H and O–H groups in total. The van der Waals surface area contributed by atoms with E-state index >= 15 is 0 Å². The molecule has 1 fully saturated rings. The molecule has 2 aromatic rings. The summed E-state index contributed by atoms with van der Waals surface area (Å²) in [5, 5.41) is 0.982. The monoisotopic (exact) mass is 313 g/mol. The van der Waals surface area contributed by atoms with Crippen molar-refractivity contribution in [1.29, 1.82) is 0 Å². The standard InChI is InChI=1S/C18H23N3O2/c1-3-23-11-13-7-6-10-21(13)17-14-8-4-5-9-15(14)20-12(2)16(17)18(19)22/h4-5,8-9,13H,3,6-7,10-11H2,1-2H3,(H2,19,22). The zero-order chi connectivity index (χ0) is 16.4. The van der Waals surface area contributed by atoms with Crippen molar-refractivity contribution in [2.45, 2.75) is 32.7 Å². The quantitative estimate of drug-likeness (QED) is 0.921. The number of aromatic nitrogens is 1. The zero-order valence-corrected chi connectivity index (χ0v) is 13.7. The number of nitrogens with zero attached hydrogens (tertiary/aromatic N) is 2. The van der Waals surface area contributed by atoms with Gasteiger partial charge in [0.1, 0.15) is 0 Å². The van der Waals surface area contributed by atoms with Gasteiger partial charge in [-0.05, 0) is 32.8 Å². The molecule has 23 heavy (non-hydrogen) atoms. The highest BCUT2D eigenvalue weighted by molar-refractivity contribution is 6.08. The van der Waals surface area contributed by atoms with Crippen LogP contribution in [0.5, 0.6) is 0 Å². The van der Waals surface area contributed by atoms with Crippen molar-refractivity contribution in [2.24, 2.45) is 5.73 Å². The van der Waals surface area contributed by atoms with Crippen molar-refractivity contribution in [2.75, 3.05) is 24.7 Å². The number of rotatable bonds is 5. The fourth-order valence-corrected chi connectivity index (χ4v) is 3.46. The minimum atomic E-state index is -0.419. The molecule has 1 atom stereocenters. The molecule has 1 saturated heterocycles. The van der Waals surface area contributed by atoms with E-state index in [0.717, 1.165) is 36.0 Å². The van der Waals surface area contributed by atoms with Gasteiger partial charge < -0.3 is 15.4 Å². The predicted octanol–water partition coefficient (Wildman–Crippen LogP) is 2.65. The Balaban J connectivity index is 2.17. The second-order valence-electron chi connectivity index (χ2n) is 5.95. The summed E-state index contributed by atoms with van der Waals surface area (Å²) in [6, 6.07) is 8.20. The molecule has 0 radical (unpaired) electrons. The third-order valence-electron chi connectivity index (χ3n) is 4.47. The first-order chi connectivity index (χ1) is 11.1. The van der Waals surface area contributed by atoms with Crippen LogP contribution in [0.4, 0.5) is 5.69 Å². The van der Waals surface area contributed by atoms with E-state index in [0.29, 0.717) is 24.5 Å². The van der Waals surface area contributed by atoms with E-state index in [9.17, 15) is 4.79 Å². The molecular weight excluding hydrogens is 290 g/mol. The number of amides is 1. The number of anilines is 1. The minimum absolute atomic E-state index is 0.276. The van der Waals surface area contributed by atoms with Gasteiger partial charge in [0.05, 0.1) is 35.1 Å². The Bertz CT molecular complexity index is 730. The third-order valence-corrected chi connectivity index (χ3v) is 4.47. The Morgan fingerprint density at radius 1 is 1.43 bits per heavy atom. The lowest BCUT2D eigenvalue weighted by molar-refractivity contribution is 0.0999. The van der Waals surface area contributed by atoms with Crippen molar-refractivity contribution in [3.63, 3.8) is 0 Å². The summed E-state index contributed by atoms with van der Waals surface area (Å²) in [5.41, 5.74) is 8.72. The Hall–Kier alpha value is -2.14. The molecule has 3 rings (SSSR count). The van der Waals surface area contributed by atoms with Crippen LogP contribution in [0.25, 0.3) is 10.9 Å². The molecule has 0 saturated carbocycles. The average Bonchev–Trinajstić information content (AvgIpc) is 2.99. The molecule has 0 bridgehead atoms. The molecule has 1 aromatic heterocycles. The summed E-state index contributed by atoms with van der Waals surface area (Å²) in [7, 11) is 0. The maximum Gasteiger partial charge on any atom is 0.252 e. The number of para-hydroxylation sites is 1. The van der Waals surface area contributed by atoms with E-state index in [4.69, 9.17) is 10.5 Å². The normalized spacial score (nSPS) is 17.8. The van der Waals surface area contributed by atoms with Crippen LogP contribution in [-0.4, -0.2) is 36.7 Å². The third kappa shape index (κ3) is 2.88. The fourth-order valence-electron chi connectivity index (χ4n) is 3.46. The number of carbonyl (C=O) groups excluding carboxylic acids is 1. The summed E-state index contributed by atoms with van der Waals surface area (Å²) < 4.78 is 5.64. The number of fused-ring (bicyclic) bond motifs is 1. The van der Waals surface area contributed by atoms with Crippen molar-refractivity contribution >= 4 is 22.5 Å². The smallest absolute Gasteiger partial charge is 0.252 e. The lowest BCUT2D eigenvalue weighted by atomic mass is 10.0. The summed E-state index contributed by atoms with van der Waals surface area (Å²) in [6.45, 7) is 6.13. The summed E-state index contributed by atoms with van der Waals surface area (Å²) in [5.74, 6) is -0.419. The molecule has 0 spiro atoms. The van der Waals surface area contributed by atoms with Crippen LogP contribution in [0.1, 0.15) is 35.8 Å². The largest absolute Gasteiger partial charge is 0.380 e. The van der Waals surface area contributed by atoms with Crippen molar-refractivity contribution in [3.8, 4) is 0 Å². The Morgan fingerprint density at radius 2 is 2.22 bits per heavy atom. The predicted molar refractivity (Wildman–Crippen MR) is 91.9 cm³/mol. The number of hydrogen-bond donors (Lipinski definition) is 1. The number of pyridine rings is 1. The van der Waals surface area contributed by atoms with Crippen LogP contribution in [-0.2, 0) is 4.74 Å². The molecule has 1 aliphatic heterocycles. The van der Waals surface area contributed by atoms with Crippen molar-refractivity contribution in [1.82, 2.24) is 4.98 Å². The first-order valence-corrected chi connectivity index (χ1v) is 8.17. The lowest BCUT2D eigenvalue weighted by Gasteiger charge is -2.30. The molecule has 2 heterocycles. The lowest BCUT2D eigenvalue weighted by Crippen LogP contribution is -2.35. The van der Waals surface area contributed by atoms with Crippen LogP contribution < -0.4 is 10.6 Å². The SMILES string of the molecule is CCOCC1CCCN1c1c(C(N)=O)c(C)nc2ccccc12. The second kappa shape index (κ2) is 6.54. The number of hydrogen-bond acceptors (Lipinski definition) is 4. The summed E-state index contributed by atoms with van der Waals surface area (Å²) >= 11 is 0. The molecule has 1 aromatic carbocycles. The zero-order valence-electron chi connectivity index (χ0n) is 13.7. The van der Waals surface area contributed by atoms with E-state index < -0.39 is 5.91 Å². The van der Waals surface area contributed by atoms with E-state index in [1.807, 2.05) is 38.1 Å². The second-order valence-corrected chi connectivity index (χ2v) is 5.95. The highest BCUT2D eigenvalue weighted by Crippen LogP contribution is 2.36. The van der Waals surface area contributed by atoms with E-state index in [-0.39, 0.29) is 6.04 Å².